The molecule has 1 fully saturated rings. The van der Waals surface area contributed by atoms with Gasteiger partial charge in [0.1, 0.15) is 5.75 Å². The molecule has 0 radical (unpaired) electrons. The van der Waals surface area contributed by atoms with Crippen molar-refractivity contribution >= 4 is 17.9 Å². The first-order valence-electron chi connectivity index (χ1n) is 5.87. The van der Waals surface area contributed by atoms with Crippen LogP contribution in [0.5, 0.6) is 5.75 Å². The third-order valence-electron chi connectivity index (χ3n) is 3.40. The summed E-state index contributed by atoms with van der Waals surface area (Å²) in [6, 6.07) is 2.39. The van der Waals surface area contributed by atoms with E-state index in [4.69, 9.17) is 4.74 Å². The molecule has 1 atom stereocenters. The fourth-order valence-electron chi connectivity index (χ4n) is 2.49. The quantitative estimate of drug-likeness (QED) is 0.456. The summed E-state index contributed by atoms with van der Waals surface area (Å²) < 4.78 is 5.63. The van der Waals surface area contributed by atoms with Crippen LogP contribution in [-0.4, -0.2) is 34.8 Å². The fourth-order valence-corrected chi connectivity index (χ4v) is 2.49. The molecule has 1 aromatic rings. The topological polar surface area (TPSA) is 89.8 Å². The van der Waals surface area contributed by atoms with E-state index in [0.29, 0.717) is 12.8 Å². The van der Waals surface area contributed by atoms with E-state index in [1.807, 2.05) is 0 Å². The normalized spacial score (nSPS) is 20.5. The zero-order valence-corrected chi connectivity index (χ0v) is 9.87. The Morgan fingerprint density at radius 2 is 2.26 bits per heavy atom. The van der Waals surface area contributed by atoms with Gasteiger partial charge in [-0.3, -0.25) is 19.7 Å². The summed E-state index contributed by atoms with van der Waals surface area (Å²) in [5, 5.41) is 10.9. The van der Waals surface area contributed by atoms with Crippen molar-refractivity contribution in [1.82, 2.24) is 4.90 Å². The summed E-state index contributed by atoms with van der Waals surface area (Å²) in [7, 11) is 0. The maximum atomic E-state index is 12.2. The zero-order chi connectivity index (χ0) is 13.6. The summed E-state index contributed by atoms with van der Waals surface area (Å²) in [5.74, 6) is -0.0230. The summed E-state index contributed by atoms with van der Waals surface area (Å²) in [6.07, 6.45) is 1.65. The average molecular weight is 262 g/mol. The number of carbonyl (C=O) groups is 2. The summed E-state index contributed by atoms with van der Waals surface area (Å²) >= 11 is 0. The van der Waals surface area contributed by atoms with E-state index in [2.05, 4.69) is 0 Å². The minimum atomic E-state index is -0.673. The molecule has 2 heterocycles. The molecular formula is C12H10N2O5. The van der Waals surface area contributed by atoms with Gasteiger partial charge in [0.25, 0.3) is 11.6 Å². The number of carbonyl (C=O) groups excluding carboxylic acids is 2. The lowest BCUT2D eigenvalue weighted by Gasteiger charge is -2.31. The van der Waals surface area contributed by atoms with Crippen LogP contribution in [0.1, 0.15) is 33.6 Å². The van der Waals surface area contributed by atoms with Crippen LogP contribution in [0.25, 0.3) is 0 Å². The van der Waals surface area contributed by atoms with Crippen LogP contribution >= 0.6 is 0 Å². The Morgan fingerprint density at radius 1 is 1.47 bits per heavy atom. The van der Waals surface area contributed by atoms with Crippen LogP contribution in [0.15, 0.2) is 12.1 Å². The molecule has 0 N–H and O–H groups in total. The maximum absolute atomic E-state index is 12.2. The van der Waals surface area contributed by atoms with Gasteiger partial charge >= 0.3 is 0 Å². The molecule has 2 aliphatic heterocycles. The summed E-state index contributed by atoms with van der Waals surface area (Å²) in [6.45, 7) is 0.589. The lowest BCUT2D eigenvalue weighted by atomic mass is 10.1. The minimum absolute atomic E-state index is 0.0806. The monoisotopic (exact) mass is 262 g/mol. The highest BCUT2D eigenvalue weighted by Gasteiger charge is 2.38. The van der Waals surface area contributed by atoms with E-state index in [-0.39, 0.29) is 34.7 Å². The van der Waals surface area contributed by atoms with Crippen LogP contribution in [0, 0.1) is 10.1 Å². The summed E-state index contributed by atoms with van der Waals surface area (Å²) in [4.78, 5) is 34.8. The number of nitrogens with zero attached hydrogens (tertiary/aromatic N) is 2. The van der Waals surface area contributed by atoms with Crippen molar-refractivity contribution in [2.24, 2.45) is 0 Å². The Morgan fingerprint density at radius 3 is 2.95 bits per heavy atom. The second-order valence-electron chi connectivity index (χ2n) is 4.50. The van der Waals surface area contributed by atoms with Gasteiger partial charge < -0.3 is 9.64 Å². The molecule has 0 aromatic heterocycles. The molecule has 3 rings (SSSR count). The van der Waals surface area contributed by atoms with Gasteiger partial charge in [-0.1, -0.05) is 0 Å². The standard InChI is InChI=1S/C12H10N2O5/c15-6-7-4-10-8(5-9(7)14(17)18)12(16)13-3-1-2-11(13)19-10/h4-6,11H,1-3H2. The molecule has 98 valence electrons. The van der Waals surface area contributed by atoms with Crippen molar-refractivity contribution < 1.29 is 19.2 Å². The third-order valence-corrected chi connectivity index (χ3v) is 3.40. The molecule has 1 amide bonds. The molecule has 1 unspecified atom stereocenters. The van der Waals surface area contributed by atoms with E-state index in [1.54, 1.807) is 4.90 Å². The van der Waals surface area contributed by atoms with Gasteiger partial charge in [0.15, 0.2) is 12.5 Å². The van der Waals surface area contributed by atoms with E-state index >= 15 is 0 Å². The molecule has 0 aliphatic carbocycles. The average Bonchev–Trinajstić information content (AvgIpc) is 2.85. The third kappa shape index (κ3) is 1.66. The fraction of sp³-hybridized carbons (Fsp3) is 0.333. The smallest absolute Gasteiger partial charge is 0.280 e. The molecule has 1 saturated heterocycles. The van der Waals surface area contributed by atoms with Crippen LogP contribution in [0.2, 0.25) is 0 Å². The van der Waals surface area contributed by atoms with Crippen molar-refractivity contribution in [3.63, 3.8) is 0 Å². The van der Waals surface area contributed by atoms with Gasteiger partial charge in [-0.05, 0) is 12.5 Å². The number of fused-ring (bicyclic) bond motifs is 2. The molecule has 1 aromatic carbocycles. The molecule has 0 bridgehead atoms. The first kappa shape index (κ1) is 11.6. The number of hydrogen-bond acceptors (Lipinski definition) is 5. The van der Waals surface area contributed by atoms with Crippen molar-refractivity contribution in [3.05, 3.63) is 33.4 Å². The molecule has 7 nitrogen and oxygen atoms in total. The number of ether oxygens (including phenoxy) is 1. The number of nitro groups is 1. The number of amides is 1. The Bertz CT molecular complexity index is 598. The Balaban J connectivity index is 2.14. The zero-order valence-electron chi connectivity index (χ0n) is 9.87. The number of nitro benzene ring substituents is 1. The molecule has 7 heteroatoms. The first-order chi connectivity index (χ1) is 9.11. The highest BCUT2D eigenvalue weighted by molar-refractivity contribution is 6.00. The summed E-state index contributed by atoms with van der Waals surface area (Å²) in [5.41, 5.74) is -0.304. The number of rotatable bonds is 2. The SMILES string of the molecule is O=Cc1cc2c(cc1[N+](=O)[O-])C(=O)N1CCCC1O2. The lowest BCUT2D eigenvalue weighted by molar-refractivity contribution is -0.385. The van der Waals surface area contributed by atoms with E-state index in [0.717, 1.165) is 18.9 Å². The molecule has 2 aliphatic rings. The van der Waals surface area contributed by atoms with Crippen LogP contribution < -0.4 is 4.74 Å². The van der Waals surface area contributed by atoms with E-state index in [1.165, 1.54) is 6.07 Å². The predicted octanol–water partition coefficient (Wildman–Crippen LogP) is 1.36. The van der Waals surface area contributed by atoms with Gasteiger partial charge in [-0.25, -0.2) is 0 Å². The maximum Gasteiger partial charge on any atom is 0.280 e. The largest absolute Gasteiger partial charge is 0.470 e. The number of hydrogen-bond donors (Lipinski definition) is 0. The van der Waals surface area contributed by atoms with Gasteiger partial charge in [0, 0.05) is 19.0 Å². The van der Waals surface area contributed by atoms with Gasteiger partial charge in [-0.2, -0.15) is 0 Å². The van der Waals surface area contributed by atoms with E-state index < -0.39 is 4.92 Å². The first-order valence-corrected chi connectivity index (χ1v) is 5.87. The molecule has 0 spiro atoms. The Labute approximate surface area is 107 Å². The second-order valence-corrected chi connectivity index (χ2v) is 4.50. The highest BCUT2D eigenvalue weighted by Crippen LogP contribution is 2.36. The minimum Gasteiger partial charge on any atom is -0.470 e. The Hall–Kier alpha value is -2.44. The van der Waals surface area contributed by atoms with Crippen LogP contribution in [0.4, 0.5) is 5.69 Å². The van der Waals surface area contributed by atoms with Crippen LogP contribution in [0.3, 0.4) is 0 Å². The molecule has 0 saturated carbocycles. The van der Waals surface area contributed by atoms with Crippen molar-refractivity contribution in [3.8, 4) is 5.75 Å². The van der Waals surface area contributed by atoms with Gasteiger partial charge in [0.05, 0.1) is 16.1 Å². The molecule has 19 heavy (non-hydrogen) atoms. The molecular weight excluding hydrogens is 252 g/mol. The van der Waals surface area contributed by atoms with Crippen molar-refractivity contribution in [2.45, 2.75) is 19.1 Å². The number of aldehydes is 1. The van der Waals surface area contributed by atoms with Crippen LogP contribution in [-0.2, 0) is 0 Å². The Kier molecular flexibility index (Phi) is 2.48. The van der Waals surface area contributed by atoms with Crippen molar-refractivity contribution in [1.29, 1.82) is 0 Å². The lowest BCUT2D eigenvalue weighted by Crippen LogP contribution is -2.43. The van der Waals surface area contributed by atoms with E-state index in [9.17, 15) is 19.7 Å². The second kappa shape index (κ2) is 4.04. The highest BCUT2D eigenvalue weighted by atomic mass is 16.6. The number of benzene rings is 1. The predicted molar refractivity (Wildman–Crippen MR) is 63.2 cm³/mol. The van der Waals surface area contributed by atoms with Gasteiger partial charge in [-0.15, -0.1) is 0 Å². The van der Waals surface area contributed by atoms with Gasteiger partial charge in [0.2, 0.25) is 0 Å². The van der Waals surface area contributed by atoms with Crippen molar-refractivity contribution in [2.75, 3.05) is 6.54 Å².